The van der Waals surface area contributed by atoms with Crippen LogP contribution in [0.15, 0.2) is 60.7 Å². The molecule has 1 aromatic heterocycles. The predicted molar refractivity (Wildman–Crippen MR) is 131 cm³/mol. The second-order valence-corrected chi connectivity index (χ2v) is 8.85. The number of Topliss-reactive ketones (excluding diaryl/α,β-unsaturated/α-hetero) is 1. The standard InChI is InChI=1S/C28H30F2N2O2/c1-31(2)28-24(27(33)15-11-20-10-14-25(29)26(30)17-20)18-22(12-13-23-9-6-16-34-23)32(28)19-21-7-4-3-5-8-21/h3-5,7-8,10,12-14,17-18,23H,6,9,11,15-16,19H2,1-2H3/b13-12+. The van der Waals surface area contributed by atoms with Crippen LogP contribution >= 0.6 is 0 Å². The summed E-state index contributed by atoms with van der Waals surface area (Å²) in [5.74, 6) is -0.988. The fraction of sp³-hybridized carbons (Fsp3) is 0.321. The molecule has 4 nitrogen and oxygen atoms in total. The van der Waals surface area contributed by atoms with Gasteiger partial charge in [-0.15, -0.1) is 0 Å². The minimum absolute atomic E-state index is 0.0352. The molecule has 0 radical (unpaired) electrons. The van der Waals surface area contributed by atoms with Crippen LogP contribution in [0.1, 0.15) is 46.4 Å². The maximum Gasteiger partial charge on any atom is 0.166 e. The SMILES string of the molecule is CN(C)c1c(C(=O)CCc2ccc(F)c(F)c2)cc(/C=C/C2CCCO2)n1Cc1ccccc1. The van der Waals surface area contributed by atoms with Crippen molar-refractivity contribution < 1.29 is 18.3 Å². The number of carbonyl (C=O) groups is 1. The van der Waals surface area contributed by atoms with Crippen molar-refractivity contribution in [1.29, 1.82) is 0 Å². The van der Waals surface area contributed by atoms with Crippen molar-refractivity contribution >= 4 is 17.7 Å². The average Bonchev–Trinajstić information content (AvgIpc) is 3.47. The molecule has 2 aromatic carbocycles. The van der Waals surface area contributed by atoms with Gasteiger partial charge in [-0.25, -0.2) is 8.78 Å². The van der Waals surface area contributed by atoms with Gasteiger partial charge in [-0.2, -0.15) is 0 Å². The largest absolute Gasteiger partial charge is 0.374 e. The molecule has 1 unspecified atom stereocenters. The van der Waals surface area contributed by atoms with Crippen LogP contribution in [0.5, 0.6) is 0 Å². The number of ether oxygens (including phenoxy) is 1. The number of nitrogens with zero attached hydrogens (tertiary/aromatic N) is 2. The summed E-state index contributed by atoms with van der Waals surface area (Å²) in [5.41, 5.74) is 3.28. The molecule has 3 aromatic rings. The molecule has 1 aliphatic rings. The molecule has 2 heterocycles. The van der Waals surface area contributed by atoms with Crippen molar-refractivity contribution in [3.05, 3.63) is 94.7 Å². The Kier molecular flexibility index (Phi) is 7.58. The van der Waals surface area contributed by atoms with E-state index in [4.69, 9.17) is 4.74 Å². The fourth-order valence-corrected chi connectivity index (χ4v) is 4.36. The molecule has 1 fully saturated rings. The highest BCUT2D eigenvalue weighted by Crippen LogP contribution is 2.29. The van der Waals surface area contributed by atoms with Crippen molar-refractivity contribution in [3.8, 4) is 0 Å². The van der Waals surface area contributed by atoms with Crippen LogP contribution in [-0.4, -0.2) is 37.2 Å². The van der Waals surface area contributed by atoms with Crippen molar-refractivity contribution in [1.82, 2.24) is 4.57 Å². The Morgan fingerprint density at radius 3 is 2.56 bits per heavy atom. The van der Waals surface area contributed by atoms with E-state index in [-0.39, 0.29) is 18.3 Å². The van der Waals surface area contributed by atoms with E-state index in [1.807, 2.05) is 49.3 Å². The molecule has 0 saturated carbocycles. The predicted octanol–water partition coefficient (Wildman–Crippen LogP) is 5.89. The lowest BCUT2D eigenvalue weighted by molar-refractivity contribution is 0.0983. The molecule has 0 amide bonds. The average molecular weight is 465 g/mol. The topological polar surface area (TPSA) is 34.5 Å². The van der Waals surface area contributed by atoms with Gasteiger partial charge in [-0.1, -0.05) is 42.5 Å². The number of anilines is 1. The summed E-state index contributed by atoms with van der Waals surface area (Å²) in [7, 11) is 3.85. The Balaban J connectivity index is 1.65. The Morgan fingerprint density at radius 1 is 1.09 bits per heavy atom. The normalized spacial score (nSPS) is 15.8. The number of hydrogen-bond donors (Lipinski definition) is 0. The summed E-state index contributed by atoms with van der Waals surface area (Å²) >= 11 is 0. The molecular weight excluding hydrogens is 434 g/mol. The van der Waals surface area contributed by atoms with Crippen LogP contribution in [0.25, 0.3) is 6.08 Å². The van der Waals surface area contributed by atoms with Gasteiger partial charge in [0, 0.05) is 39.4 Å². The molecule has 34 heavy (non-hydrogen) atoms. The molecule has 4 rings (SSSR count). The van der Waals surface area contributed by atoms with Crippen LogP contribution in [0.4, 0.5) is 14.6 Å². The third kappa shape index (κ3) is 5.62. The van der Waals surface area contributed by atoms with Crippen molar-refractivity contribution in [2.75, 3.05) is 25.6 Å². The minimum Gasteiger partial charge on any atom is -0.374 e. The Bertz CT molecular complexity index is 1160. The van der Waals surface area contributed by atoms with E-state index < -0.39 is 11.6 Å². The van der Waals surface area contributed by atoms with Crippen molar-refractivity contribution in [2.45, 2.75) is 38.3 Å². The zero-order chi connectivity index (χ0) is 24.1. The van der Waals surface area contributed by atoms with E-state index >= 15 is 0 Å². The van der Waals surface area contributed by atoms with E-state index in [1.165, 1.54) is 6.07 Å². The van der Waals surface area contributed by atoms with Crippen molar-refractivity contribution in [2.24, 2.45) is 0 Å². The highest BCUT2D eigenvalue weighted by molar-refractivity contribution is 6.01. The Morgan fingerprint density at radius 2 is 1.88 bits per heavy atom. The van der Waals surface area contributed by atoms with Crippen LogP contribution in [0, 0.1) is 11.6 Å². The van der Waals surface area contributed by atoms with Gasteiger partial charge in [-0.3, -0.25) is 4.79 Å². The Labute approximate surface area is 199 Å². The lowest BCUT2D eigenvalue weighted by Gasteiger charge is -2.20. The van der Waals surface area contributed by atoms with E-state index in [2.05, 4.69) is 22.8 Å². The number of aryl methyl sites for hydroxylation is 1. The highest BCUT2D eigenvalue weighted by atomic mass is 19.2. The molecule has 178 valence electrons. The fourth-order valence-electron chi connectivity index (χ4n) is 4.36. The number of benzene rings is 2. The summed E-state index contributed by atoms with van der Waals surface area (Å²) in [5, 5.41) is 0. The smallest absolute Gasteiger partial charge is 0.166 e. The van der Waals surface area contributed by atoms with Crippen LogP contribution in [0.2, 0.25) is 0 Å². The Hall–Kier alpha value is -3.25. The molecule has 6 heteroatoms. The van der Waals surface area contributed by atoms with Gasteiger partial charge in [0.05, 0.1) is 11.7 Å². The quantitative estimate of drug-likeness (QED) is 0.371. The van der Waals surface area contributed by atoms with Crippen molar-refractivity contribution in [3.63, 3.8) is 0 Å². The number of ketones is 1. The molecule has 1 saturated heterocycles. The molecule has 0 bridgehead atoms. The summed E-state index contributed by atoms with van der Waals surface area (Å²) in [4.78, 5) is 15.3. The number of aromatic nitrogens is 1. The first-order valence-electron chi connectivity index (χ1n) is 11.6. The lowest BCUT2D eigenvalue weighted by Crippen LogP contribution is -2.18. The minimum atomic E-state index is -0.894. The lowest BCUT2D eigenvalue weighted by atomic mass is 10.0. The number of rotatable bonds is 9. The third-order valence-electron chi connectivity index (χ3n) is 6.08. The summed E-state index contributed by atoms with van der Waals surface area (Å²) in [6.07, 6.45) is 6.80. The molecular formula is C28H30F2N2O2. The van der Waals surface area contributed by atoms with Crippen LogP contribution < -0.4 is 4.90 Å². The zero-order valence-electron chi connectivity index (χ0n) is 19.6. The first-order chi connectivity index (χ1) is 16.4. The summed E-state index contributed by atoms with van der Waals surface area (Å²) < 4.78 is 34.7. The van der Waals surface area contributed by atoms with Gasteiger partial charge in [-0.05, 0) is 54.7 Å². The second kappa shape index (κ2) is 10.8. The molecule has 0 aliphatic carbocycles. The molecule has 1 atom stereocenters. The van der Waals surface area contributed by atoms with Crippen LogP contribution in [0.3, 0.4) is 0 Å². The second-order valence-electron chi connectivity index (χ2n) is 8.85. The maximum atomic E-state index is 13.6. The summed E-state index contributed by atoms with van der Waals surface area (Å²) in [6.45, 7) is 1.40. The van der Waals surface area contributed by atoms with Gasteiger partial charge in [0.15, 0.2) is 17.4 Å². The number of hydrogen-bond acceptors (Lipinski definition) is 3. The van der Waals surface area contributed by atoms with E-state index in [1.54, 1.807) is 0 Å². The first-order valence-corrected chi connectivity index (χ1v) is 11.6. The number of carbonyl (C=O) groups excluding carboxylic acids is 1. The van der Waals surface area contributed by atoms with Gasteiger partial charge in [0.1, 0.15) is 5.82 Å². The van der Waals surface area contributed by atoms with E-state index in [0.29, 0.717) is 24.1 Å². The van der Waals surface area contributed by atoms with Gasteiger partial charge < -0.3 is 14.2 Å². The zero-order valence-corrected chi connectivity index (χ0v) is 19.6. The van der Waals surface area contributed by atoms with E-state index in [0.717, 1.165) is 48.7 Å². The third-order valence-corrected chi connectivity index (χ3v) is 6.08. The monoisotopic (exact) mass is 464 g/mol. The van der Waals surface area contributed by atoms with Gasteiger partial charge in [0.25, 0.3) is 0 Å². The summed E-state index contributed by atoms with van der Waals surface area (Å²) in [6, 6.07) is 15.8. The van der Waals surface area contributed by atoms with Gasteiger partial charge >= 0.3 is 0 Å². The highest BCUT2D eigenvalue weighted by Gasteiger charge is 2.22. The van der Waals surface area contributed by atoms with Crippen LogP contribution in [-0.2, 0) is 17.7 Å². The molecule has 0 spiro atoms. The molecule has 0 N–H and O–H groups in total. The number of halogens is 2. The van der Waals surface area contributed by atoms with E-state index in [9.17, 15) is 13.6 Å². The molecule has 1 aliphatic heterocycles. The maximum absolute atomic E-state index is 13.6. The first kappa shape index (κ1) is 23.9. The van der Waals surface area contributed by atoms with Gasteiger partial charge in [0.2, 0.25) is 0 Å².